The summed E-state index contributed by atoms with van der Waals surface area (Å²) in [5.74, 6) is 0.577. The molecule has 6 heteroatoms. The zero-order chi connectivity index (χ0) is 16.4. The van der Waals surface area contributed by atoms with Crippen molar-refractivity contribution in [2.75, 3.05) is 0 Å². The van der Waals surface area contributed by atoms with Crippen molar-refractivity contribution in [1.82, 2.24) is 5.16 Å². The second kappa shape index (κ2) is 6.53. The molecule has 1 aliphatic carbocycles. The molecule has 4 rings (SSSR count). The Hall–Kier alpha value is -1.92. The van der Waals surface area contributed by atoms with E-state index in [0.717, 1.165) is 35.4 Å². The van der Waals surface area contributed by atoms with Crippen LogP contribution in [0.4, 0.5) is 0 Å². The summed E-state index contributed by atoms with van der Waals surface area (Å²) in [6.07, 6.45) is 3.87. The minimum Gasteiger partial charge on any atom is -0.458 e. The number of hydrogen-bond acceptors (Lipinski definition) is 6. The van der Waals surface area contributed by atoms with Gasteiger partial charge in [-0.15, -0.1) is 22.7 Å². The molecule has 24 heavy (non-hydrogen) atoms. The molecule has 0 bridgehead atoms. The van der Waals surface area contributed by atoms with Crippen molar-refractivity contribution in [1.29, 1.82) is 0 Å². The zero-order valence-electron chi connectivity index (χ0n) is 13.1. The molecule has 0 unspecified atom stereocenters. The van der Waals surface area contributed by atoms with E-state index >= 15 is 0 Å². The first-order valence-corrected chi connectivity index (χ1v) is 9.74. The summed E-state index contributed by atoms with van der Waals surface area (Å²) in [6, 6.07) is 9.82. The van der Waals surface area contributed by atoms with Crippen LogP contribution in [-0.2, 0) is 21.6 Å². The normalized spacial score (nSPS) is 16.3. The second-order valence-electron chi connectivity index (χ2n) is 6.00. The lowest BCUT2D eigenvalue weighted by Gasteiger charge is -2.25. The number of aromatic nitrogens is 1. The summed E-state index contributed by atoms with van der Waals surface area (Å²) in [6.45, 7) is 0.154. The molecule has 3 heterocycles. The SMILES string of the molecule is O=C(OCc1cc(-c2cccs2)on1)C1(c2cccs2)CCCC1. The predicted octanol–water partition coefficient (Wildman–Crippen LogP) is 5.02. The topological polar surface area (TPSA) is 52.3 Å². The number of carbonyl (C=O) groups excluding carboxylic acids is 1. The molecule has 0 N–H and O–H groups in total. The Labute approximate surface area is 148 Å². The summed E-state index contributed by atoms with van der Waals surface area (Å²) in [5.41, 5.74) is 0.181. The molecule has 1 aliphatic rings. The predicted molar refractivity (Wildman–Crippen MR) is 94.1 cm³/mol. The van der Waals surface area contributed by atoms with E-state index < -0.39 is 5.41 Å². The van der Waals surface area contributed by atoms with Gasteiger partial charge in [0.05, 0.1) is 4.88 Å². The third-order valence-corrected chi connectivity index (χ3v) is 6.47. The van der Waals surface area contributed by atoms with Crippen molar-refractivity contribution >= 4 is 28.6 Å². The number of rotatable bonds is 5. The third-order valence-electron chi connectivity index (χ3n) is 4.51. The Bertz CT molecular complexity index is 799. The van der Waals surface area contributed by atoms with Gasteiger partial charge >= 0.3 is 5.97 Å². The molecule has 124 valence electrons. The minimum absolute atomic E-state index is 0.136. The van der Waals surface area contributed by atoms with Crippen LogP contribution >= 0.6 is 22.7 Å². The van der Waals surface area contributed by atoms with Gasteiger partial charge in [-0.1, -0.05) is 30.1 Å². The molecule has 3 aromatic heterocycles. The molecule has 1 fully saturated rings. The molecule has 0 aromatic carbocycles. The van der Waals surface area contributed by atoms with Crippen LogP contribution in [0.15, 0.2) is 45.6 Å². The Balaban J connectivity index is 1.46. The maximum Gasteiger partial charge on any atom is 0.317 e. The van der Waals surface area contributed by atoms with Gasteiger partial charge in [0, 0.05) is 10.9 Å². The first-order valence-electron chi connectivity index (χ1n) is 7.99. The Kier molecular flexibility index (Phi) is 4.24. The summed E-state index contributed by atoms with van der Waals surface area (Å²) in [4.78, 5) is 14.9. The maximum atomic E-state index is 12.8. The fraction of sp³-hybridized carbons (Fsp3) is 0.333. The largest absolute Gasteiger partial charge is 0.458 e. The highest BCUT2D eigenvalue weighted by atomic mass is 32.1. The molecule has 0 spiro atoms. The van der Waals surface area contributed by atoms with E-state index in [1.54, 1.807) is 22.7 Å². The van der Waals surface area contributed by atoms with Crippen LogP contribution in [0.2, 0.25) is 0 Å². The van der Waals surface area contributed by atoms with Gasteiger partial charge in [0.1, 0.15) is 17.7 Å². The number of nitrogens with zero attached hydrogens (tertiary/aromatic N) is 1. The van der Waals surface area contributed by atoms with Crippen LogP contribution in [0.25, 0.3) is 10.6 Å². The number of carbonyl (C=O) groups is 1. The minimum atomic E-state index is -0.464. The first-order chi connectivity index (χ1) is 11.8. The van der Waals surface area contributed by atoms with Crippen molar-refractivity contribution in [3.8, 4) is 10.6 Å². The lowest BCUT2D eigenvalue weighted by molar-refractivity contribution is -0.152. The van der Waals surface area contributed by atoms with Crippen LogP contribution in [0, 0.1) is 0 Å². The Morgan fingerprint density at radius 1 is 1.21 bits per heavy atom. The monoisotopic (exact) mass is 359 g/mol. The molecule has 1 saturated carbocycles. The fourth-order valence-electron chi connectivity index (χ4n) is 3.27. The Morgan fingerprint density at radius 2 is 2.00 bits per heavy atom. The van der Waals surface area contributed by atoms with Gasteiger partial charge in [0.15, 0.2) is 5.76 Å². The molecule has 4 nitrogen and oxygen atoms in total. The van der Waals surface area contributed by atoms with E-state index in [9.17, 15) is 4.79 Å². The van der Waals surface area contributed by atoms with Crippen LogP contribution < -0.4 is 0 Å². The lowest BCUT2D eigenvalue weighted by atomic mass is 9.84. The van der Waals surface area contributed by atoms with Crippen LogP contribution in [0.1, 0.15) is 36.3 Å². The average molecular weight is 359 g/mol. The fourth-order valence-corrected chi connectivity index (χ4v) is 4.92. The van der Waals surface area contributed by atoms with E-state index in [2.05, 4.69) is 5.16 Å². The van der Waals surface area contributed by atoms with Gasteiger partial charge < -0.3 is 9.26 Å². The van der Waals surface area contributed by atoms with Crippen molar-refractivity contribution < 1.29 is 14.1 Å². The van der Waals surface area contributed by atoms with Crippen LogP contribution in [0.3, 0.4) is 0 Å². The maximum absolute atomic E-state index is 12.8. The second-order valence-corrected chi connectivity index (χ2v) is 7.90. The molecular formula is C18H17NO3S2. The van der Waals surface area contributed by atoms with Crippen molar-refractivity contribution in [2.24, 2.45) is 0 Å². The molecule has 0 aliphatic heterocycles. The molecule has 0 radical (unpaired) electrons. The van der Waals surface area contributed by atoms with Crippen molar-refractivity contribution in [3.63, 3.8) is 0 Å². The van der Waals surface area contributed by atoms with Gasteiger partial charge in [0.25, 0.3) is 0 Å². The van der Waals surface area contributed by atoms with Crippen molar-refractivity contribution in [2.45, 2.75) is 37.7 Å². The van der Waals surface area contributed by atoms with Crippen LogP contribution in [0.5, 0.6) is 0 Å². The zero-order valence-corrected chi connectivity index (χ0v) is 14.7. The smallest absolute Gasteiger partial charge is 0.317 e. The van der Waals surface area contributed by atoms with E-state index in [-0.39, 0.29) is 12.6 Å². The highest BCUT2D eigenvalue weighted by molar-refractivity contribution is 7.13. The molecule has 0 atom stereocenters. The van der Waals surface area contributed by atoms with Crippen LogP contribution in [-0.4, -0.2) is 11.1 Å². The number of thiophene rings is 2. The quantitative estimate of drug-likeness (QED) is 0.600. The number of hydrogen-bond donors (Lipinski definition) is 0. The molecule has 0 amide bonds. The van der Waals surface area contributed by atoms with Crippen molar-refractivity contribution in [3.05, 3.63) is 51.7 Å². The summed E-state index contributed by atoms with van der Waals surface area (Å²) >= 11 is 3.23. The van der Waals surface area contributed by atoms with Gasteiger partial charge in [0.2, 0.25) is 0 Å². The average Bonchev–Trinajstić information content (AvgIpc) is 3.41. The van der Waals surface area contributed by atoms with E-state index in [4.69, 9.17) is 9.26 Å². The lowest BCUT2D eigenvalue weighted by Crippen LogP contribution is -2.33. The van der Waals surface area contributed by atoms with Gasteiger partial charge in [-0.2, -0.15) is 0 Å². The summed E-state index contributed by atoms with van der Waals surface area (Å²) < 4.78 is 11.0. The standard InChI is InChI=1S/C18H17NO3S2/c20-17(18(7-1-2-8-18)16-6-4-10-24-16)21-12-13-11-14(22-19-13)15-5-3-9-23-15/h3-6,9-11H,1-2,7-8,12H2. The number of esters is 1. The molecule has 3 aromatic rings. The molecule has 0 saturated heterocycles. The summed E-state index contributed by atoms with van der Waals surface area (Å²) in [5, 5.41) is 8.02. The Morgan fingerprint density at radius 3 is 2.71 bits per heavy atom. The molecular weight excluding hydrogens is 342 g/mol. The van der Waals surface area contributed by atoms with E-state index in [0.29, 0.717) is 11.5 Å². The van der Waals surface area contributed by atoms with E-state index in [1.807, 2.05) is 41.1 Å². The highest BCUT2D eigenvalue weighted by Gasteiger charge is 2.45. The van der Waals surface area contributed by atoms with Gasteiger partial charge in [-0.25, -0.2) is 0 Å². The van der Waals surface area contributed by atoms with Gasteiger partial charge in [-0.3, -0.25) is 4.79 Å². The first kappa shape index (κ1) is 15.6. The van der Waals surface area contributed by atoms with E-state index in [1.165, 1.54) is 0 Å². The highest BCUT2D eigenvalue weighted by Crippen LogP contribution is 2.44. The van der Waals surface area contributed by atoms with Gasteiger partial charge in [-0.05, 0) is 35.7 Å². The summed E-state index contributed by atoms with van der Waals surface area (Å²) in [7, 11) is 0. The third kappa shape index (κ3) is 2.80. The number of ether oxygens (including phenoxy) is 1.